The summed E-state index contributed by atoms with van der Waals surface area (Å²) >= 11 is 1.61. The molecule has 1 atom stereocenters. The van der Waals surface area contributed by atoms with Gasteiger partial charge < -0.3 is 0 Å². The standard InChI is InChI=1S/C17H21N3S/c1-12-6-8-14(9-7-12)16-11-21-17(18-16)20-19-15-5-3-4-13(2)10-15/h6-9,11,13H,3-5,10H2,1-2H3,(H,18,20)/b19-15-/t13-/m1/s1. The molecular weight excluding hydrogens is 278 g/mol. The van der Waals surface area contributed by atoms with E-state index in [0.717, 1.165) is 35.1 Å². The Labute approximate surface area is 130 Å². The number of anilines is 1. The number of benzene rings is 1. The first kappa shape index (κ1) is 14.3. The first-order chi connectivity index (χ1) is 10.2. The van der Waals surface area contributed by atoms with Gasteiger partial charge in [-0.15, -0.1) is 11.3 Å². The minimum atomic E-state index is 0.763. The molecule has 3 nitrogen and oxygen atoms in total. The molecule has 1 N–H and O–H groups in total. The number of aromatic nitrogens is 1. The van der Waals surface area contributed by atoms with E-state index in [2.05, 4.69) is 59.0 Å². The smallest absolute Gasteiger partial charge is 0.203 e. The molecule has 0 radical (unpaired) electrons. The van der Waals surface area contributed by atoms with Gasteiger partial charge in [0.15, 0.2) is 0 Å². The highest BCUT2D eigenvalue weighted by atomic mass is 32.1. The number of aryl methyl sites for hydroxylation is 1. The van der Waals surface area contributed by atoms with Gasteiger partial charge >= 0.3 is 0 Å². The van der Waals surface area contributed by atoms with Crippen molar-refractivity contribution in [1.29, 1.82) is 0 Å². The molecule has 2 aromatic rings. The van der Waals surface area contributed by atoms with Crippen LogP contribution in [0, 0.1) is 12.8 Å². The molecule has 1 heterocycles. The van der Waals surface area contributed by atoms with Crippen LogP contribution in [0.25, 0.3) is 11.3 Å². The number of hydrazone groups is 1. The maximum Gasteiger partial charge on any atom is 0.203 e. The first-order valence-electron chi connectivity index (χ1n) is 7.55. The fraction of sp³-hybridized carbons (Fsp3) is 0.412. The van der Waals surface area contributed by atoms with Gasteiger partial charge in [-0.05, 0) is 38.5 Å². The van der Waals surface area contributed by atoms with Gasteiger partial charge in [0.05, 0.1) is 5.69 Å². The molecule has 1 aromatic heterocycles. The normalized spacial score (nSPS) is 20.7. The summed E-state index contributed by atoms with van der Waals surface area (Å²) in [5, 5.41) is 7.49. The van der Waals surface area contributed by atoms with Crippen LogP contribution in [-0.2, 0) is 0 Å². The third kappa shape index (κ3) is 3.70. The summed E-state index contributed by atoms with van der Waals surface area (Å²) < 4.78 is 0. The molecule has 0 aliphatic heterocycles. The average Bonchev–Trinajstić information content (AvgIpc) is 2.95. The molecule has 0 bridgehead atoms. The van der Waals surface area contributed by atoms with Gasteiger partial charge in [0.1, 0.15) is 0 Å². The van der Waals surface area contributed by atoms with E-state index in [0.29, 0.717) is 0 Å². The molecule has 110 valence electrons. The van der Waals surface area contributed by atoms with Crippen molar-refractivity contribution < 1.29 is 0 Å². The third-order valence-electron chi connectivity index (χ3n) is 3.91. The van der Waals surface area contributed by atoms with Crippen molar-refractivity contribution in [2.24, 2.45) is 11.0 Å². The van der Waals surface area contributed by atoms with E-state index in [9.17, 15) is 0 Å². The fourth-order valence-corrected chi connectivity index (χ4v) is 3.33. The minimum absolute atomic E-state index is 0.763. The first-order valence-corrected chi connectivity index (χ1v) is 8.42. The van der Waals surface area contributed by atoms with Crippen molar-refractivity contribution in [1.82, 2.24) is 4.98 Å². The van der Waals surface area contributed by atoms with Gasteiger partial charge in [-0.2, -0.15) is 5.10 Å². The number of thiazole rings is 1. The number of nitrogens with zero attached hydrogens (tertiary/aromatic N) is 2. The number of hydrogen-bond donors (Lipinski definition) is 1. The lowest BCUT2D eigenvalue weighted by Gasteiger charge is -2.18. The molecule has 1 saturated carbocycles. The number of hydrogen-bond acceptors (Lipinski definition) is 4. The van der Waals surface area contributed by atoms with E-state index in [1.54, 1.807) is 11.3 Å². The fourth-order valence-electron chi connectivity index (χ4n) is 2.67. The number of nitrogens with one attached hydrogen (secondary N) is 1. The van der Waals surface area contributed by atoms with Gasteiger partial charge in [-0.1, -0.05) is 36.8 Å². The molecular formula is C17H21N3S. The lowest BCUT2D eigenvalue weighted by molar-refractivity contribution is 0.500. The second-order valence-electron chi connectivity index (χ2n) is 5.90. The molecule has 1 aliphatic carbocycles. The molecule has 1 aliphatic rings. The van der Waals surface area contributed by atoms with Gasteiger partial charge in [-0.25, -0.2) is 4.98 Å². The molecule has 3 rings (SSSR count). The predicted octanol–water partition coefficient (Wildman–Crippen LogP) is 5.10. The van der Waals surface area contributed by atoms with E-state index >= 15 is 0 Å². The lowest BCUT2D eigenvalue weighted by atomic mass is 9.89. The molecule has 0 amide bonds. The van der Waals surface area contributed by atoms with Crippen molar-refractivity contribution in [3.8, 4) is 11.3 Å². The second kappa shape index (κ2) is 6.39. The van der Waals surface area contributed by atoms with Gasteiger partial charge in [0.25, 0.3) is 0 Å². The highest BCUT2D eigenvalue weighted by Crippen LogP contribution is 2.26. The second-order valence-corrected chi connectivity index (χ2v) is 6.75. The lowest BCUT2D eigenvalue weighted by Crippen LogP contribution is -2.13. The van der Waals surface area contributed by atoms with Crippen LogP contribution in [-0.4, -0.2) is 10.7 Å². The van der Waals surface area contributed by atoms with Crippen LogP contribution in [0.15, 0.2) is 34.7 Å². The Balaban J connectivity index is 1.67. The molecule has 0 spiro atoms. The maximum atomic E-state index is 4.61. The van der Waals surface area contributed by atoms with Crippen LogP contribution in [0.2, 0.25) is 0 Å². The monoisotopic (exact) mass is 299 g/mol. The Bertz CT molecular complexity index is 628. The molecule has 1 aromatic carbocycles. The van der Waals surface area contributed by atoms with Crippen LogP contribution >= 0.6 is 11.3 Å². The van der Waals surface area contributed by atoms with E-state index in [4.69, 9.17) is 0 Å². The Morgan fingerprint density at radius 3 is 2.86 bits per heavy atom. The summed E-state index contributed by atoms with van der Waals surface area (Å²) in [7, 11) is 0. The Kier molecular flexibility index (Phi) is 4.34. The van der Waals surface area contributed by atoms with Crippen LogP contribution in [0.3, 0.4) is 0 Å². The molecule has 0 saturated heterocycles. The molecule has 0 unspecified atom stereocenters. The number of rotatable bonds is 3. The van der Waals surface area contributed by atoms with Crippen LogP contribution < -0.4 is 5.43 Å². The topological polar surface area (TPSA) is 37.3 Å². The zero-order valence-electron chi connectivity index (χ0n) is 12.6. The average molecular weight is 299 g/mol. The Morgan fingerprint density at radius 1 is 1.29 bits per heavy atom. The maximum absolute atomic E-state index is 4.61. The van der Waals surface area contributed by atoms with Gasteiger partial charge in [-0.3, -0.25) is 5.43 Å². The summed E-state index contributed by atoms with van der Waals surface area (Å²) in [6, 6.07) is 8.46. The summed E-state index contributed by atoms with van der Waals surface area (Å²) in [5.74, 6) is 0.763. The van der Waals surface area contributed by atoms with Gasteiger partial charge in [0.2, 0.25) is 5.13 Å². The van der Waals surface area contributed by atoms with Gasteiger partial charge in [0, 0.05) is 16.7 Å². The third-order valence-corrected chi connectivity index (χ3v) is 4.65. The predicted molar refractivity (Wildman–Crippen MR) is 91.0 cm³/mol. The zero-order valence-corrected chi connectivity index (χ0v) is 13.4. The van der Waals surface area contributed by atoms with Crippen molar-refractivity contribution >= 4 is 22.2 Å². The van der Waals surface area contributed by atoms with Crippen LogP contribution in [0.1, 0.15) is 38.2 Å². The van der Waals surface area contributed by atoms with Crippen molar-refractivity contribution in [3.63, 3.8) is 0 Å². The van der Waals surface area contributed by atoms with Crippen molar-refractivity contribution in [3.05, 3.63) is 35.2 Å². The largest absolute Gasteiger partial charge is 0.253 e. The molecule has 1 fully saturated rings. The summed E-state index contributed by atoms with van der Waals surface area (Å²) in [5.41, 5.74) is 7.85. The Hall–Kier alpha value is -1.68. The summed E-state index contributed by atoms with van der Waals surface area (Å²) in [4.78, 5) is 4.61. The highest BCUT2D eigenvalue weighted by molar-refractivity contribution is 7.14. The SMILES string of the molecule is Cc1ccc(-c2csc(N/N=C3/CCC[C@@H](C)C3)n2)cc1. The van der Waals surface area contributed by atoms with Crippen LogP contribution in [0.4, 0.5) is 5.13 Å². The van der Waals surface area contributed by atoms with E-state index in [1.165, 1.54) is 24.1 Å². The molecule has 4 heteroatoms. The van der Waals surface area contributed by atoms with Crippen molar-refractivity contribution in [2.45, 2.75) is 39.5 Å². The zero-order chi connectivity index (χ0) is 14.7. The van der Waals surface area contributed by atoms with Crippen LogP contribution in [0.5, 0.6) is 0 Å². The quantitative estimate of drug-likeness (QED) is 0.801. The van der Waals surface area contributed by atoms with E-state index < -0.39 is 0 Å². The van der Waals surface area contributed by atoms with Crippen molar-refractivity contribution in [2.75, 3.05) is 5.43 Å². The molecule has 21 heavy (non-hydrogen) atoms. The summed E-state index contributed by atoms with van der Waals surface area (Å²) in [6.45, 7) is 4.40. The Morgan fingerprint density at radius 2 is 2.10 bits per heavy atom. The van der Waals surface area contributed by atoms with E-state index in [1.807, 2.05) is 0 Å². The minimum Gasteiger partial charge on any atom is -0.253 e. The summed E-state index contributed by atoms with van der Waals surface area (Å²) in [6.07, 6.45) is 4.82. The highest BCUT2D eigenvalue weighted by Gasteiger charge is 2.14. The van der Waals surface area contributed by atoms with E-state index in [-0.39, 0.29) is 0 Å².